The van der Waals surface area contributed by atoms with E-state index in [0.717, 1.165) is 6.42 Å². The molecule has 1 amide bonds. The molecular formula is C16H17BrN2O2. The van der Waals surface area contributed by atoms with E-state index < -0.39 is 0 Å². The molecule has 0 spiro atoms. The van der Waals surface area contributed by atoms with E-state index in [1.54, 1.807) is 23.1 Å². The van der Waals surface area contributed by atoms with E-state index in [9.17, 15) is 9.90 Å². The van der Waals surface area contributed by atoms with Crippen LogP contribution in [0.15, 0.2) is 46.9 Å². The zero-order valence-corrected chi connectivity index (χ0v) is 13.3. The molecule has 2 aromatic carbocycles. The molecule has 0 aliphatic heterocycles. The van der Waals surface area contributed by atoms with Crippen molar-refractivity contribution in [3.8, 4) is 5.75 Å². The molecule has 2 rings (SSSR count). The van der Waals surface area contributed by atoms with E-state index in [2.05, 4.69) is 15.9 Å². The first kappa shape index (κ1) is 15.4. The number of benzene rings is 2. The van der Waals surface area contributed by atoms with Crippen molar-refractivity contribution < 1.29 is 9.90 Å². The highest BCUT2D eigenvalue weighted by molar-refractivity contribution is 9.10. The third-order valence-corrected chi connectivity index (χ3v) is 3.78. The Labute approximate surface area is 132 Å². The van der Waals surface area contributed by atoms with Gasteiger partial charge in [-0.1, -0.05) is 19.1 Å². The number of phenolic OH excluding ortho intramolecular Hbond substituents is 1. The number of carbonyl (C=O) groups is 1. The molecule has 0 fully saturated rings. The van der Waals surface area contributed by atoms with Gasteiger partial charge in [-0.05, 0) is 52.7 Å². The molecule has 0 aliphatic rings. The van der Waals surface area contributed by atoms with Crippen LogP contribution in [0.4, 0.5) is 11.4 Å². The number of rotatable bonds is 4. The number of nitrogens with zero attached hydrogens (tertiary/aromatic N) is 1. The molecule has 21 heavy (non-hydrogen) atoms. The molecule has 110 valence electrons. The molecule has 4 nitrogen and oxygen atoms in total. The first-order chi connectivity index (χ1) is 10.0. The third kappa shape index (κ3) is 3.36. The highest BCUT2D eigenvalue weighted by atomic mass is 79.9. The molecule has 0 aliphatic carbocycles. The molecule has 0 aromatic heterocycles. The standard InChI is InChI=1S/C16H17BrN2O2/c1-2-9-19(14-6-4-3-5-13(14)18)16(21)11-7-8-12(17)15(20)10-11/h3-8,10,20H,2,9,18H2,1H3. The maximum atomic E-state index is 12.7. The van der Waals surface area contributed by atoms with Gasteiger partial charge in [-0.15, -0.1) is 0 Å². The molecule has 5 heteroatoms. The smallest absolute Gasteiger partial charge is 0.258 e. The predicted octanol–water partition coefficient (Wildman–Crippen LogP) is 3.79. The fraction of sp³-hybridized carbons (Fsp3) is 0.188. The second kappa shape index (κ2) is 6.63. The van der Waals surface area contributed by atoms with Crippen LogP contribution in [0.25, 0.3) is 0 Å². The molecule has 0 atom stereocenters. The number of halogens is 1. The van der Waals surface area contributed by atoms with Crippen molar-refractivity contribution in [3.63, 3.8) is 0 Å². The number of amides is 1. The van der Waals surface area contributed by atoms with E-state index in [0.29, 0.717) is 28.0 Å². The van der Waals surface area contributed by atoms with Gasteiger partial charge in [-0.2, -0.15) is 0 Å². The van der Waals surface area contributed by atoms with Crippen LogP contribution >= 0.6 is 15.9 Å². The quantitative estimate of drug-likeness (QED) is 0.826. The lowest BCUT2D eigenvalue weighted by atomic mass is 10.1. The van der Waals surface area contributed by atoms with Gasteiger partial charge in [-0.25, -0.2) is 0 Å². The van der Waals surface area contributed by atoms with Gasteiger partial charge < -0.3 is 15.7 Å². The largest absolute Gasteiger partial charge is 0.507 e. The van der Waals surface area contributed by atoms with Gasteiger partial charge in [0.25, 0.3) is 5.91 Å². The second-order valence-corrected chi connectivity index (χ2v) is 5.54. The van der Waals surface area contributed by atoms with Crippen LogP contribution in [0.2, 0.25) is 0 Å². The Morgan fingerprint density at radius 2 is 2.00 bits per heavy atom. The fourth-order valence-electron chi connectivity index (χ4n) is 2.09. The topological polar surface area (TPSA) is 66.6 Å². The number of aromatic hydroxyl groups is 1. The minimum absolute atomic E-state index is 0.0401. The Kier molecular flexibility index (Phi) is 4.85. The van der Waals surface area contributed by atoms with Gasteiger partial charge in [0.15, 0.2) is 0 Å². The maximum Gasteiger partial charge on any atom is 0.258 e. The molecule has 0 bridgehead atoms. The molecule has 0 saturated heterocycles. The van der Waals surface area contributed by atoms with Crippen molar-refractivity contribution in [1.29, 1.82) is 0 Å². The van der Waals surface area contributed by atoms with Crippen LogP contribution in [0.5, 0.6) is 5.75 Å². The van der Waals surface area contributed by atoms with Crippen molar-refractivity contribution in [3.05, 3.63) is 52.5 Å². The lowest BCUT2D eigenvalue weighted by molar-refractivity contribution is 0.0986. The van der Waals surface area contributed by atoms with Crippen LogP contribution in [0, 0.1) is 0 Å². The number of nitrogen functional groups attached to an aromatic ring is 1. The summed E-state index contributed by atoms with van der Waals surface area (Å²) in [6, 6.07) is 12.1. The van der Waals surface area contributed by atoms with Crippen molar-refractivity contribution >= 4 is 33.2 Å². The highest BCUT2D eigenvalue weighted by Gasteiger charge is 2.19. The third-order valence-electron chi connectivity index (χ3n) is 3.11. The van der Waals surface area contributed by atoms with Gasteiger partial charge in [0.1, 0.15) is 5.75 Å². The predicted molar refractivity (Wildman–Crippen MR) is 88.6 cm³/mol. The van der Waals surface area contributed by atoms with Crippen LogP contribution in [-0.2, 0) is 0 Å². The van der Waals surface area contributed by atoms with E-state index in [1.807, 2.05) is 25.1 Å². The minimum Gasteiger partial charge on any atom is -0.507 e. The number of anilines is 2. The normalized spacial score (nSPS) is 10.4. The Hall–Kier alpha value is -2.01. The Bertz CT molecular complexity index is 658. The number of phenols is 1. The van der Waals surface area contributed by atoms with Gasteiger partial charge in [-0.3, -0.25) is 4.79 Å². The maximum absolute atomic E-state index is 12.7. The first-order valence-electron chi connectivity index (χ1n) is 6.69. The summed E-state index contributed by atoms with van der Waals surface area (Å²) < 4.78 is 0.556. The number of hydrogen-bond donors (Lipinski definition) is 2. The summed E-state index contributed by atoms with van der Waals surface area (Å²) in [5.74, 6) is -0.143. The Balaban J connectivity index is 2.40. The molecule has 0 heterocycles. The Morgan fingerprint density at radius 3 is 2.62 bits per heavy atom. The summed E-state index contributed by atoms with van der Waals surface area (Å²) >= 11 is 3.21. The van der Waals surface area contributed by atoms with Crippen LogP contribution < -0.4 is 10.6 Å². The summed E-state index contributed by atoms with van der Waals surface area (Å²) in [6.45, 7) is 2.56. The summed E-state index contributed by atoms with van der Waals surface area (Å²) in [5.41, 5.74) is 7.64. The number of carbonyl (C=O) groups excluding carboxylic acids is 1. The van der Waals surface area contributed by atoms with Crippen LogP contribution in [0.1, 0.15) is 23.7 Å². The first-order valence-corrected chi connectivity index (χ1v) is 7.48. The average molecular weight is 349 g/mol. The molecule has 3 N–H and O–H groups in total. The zero-order valence-electron chi connectivity index (χ0n) is 11.7. The van der Waals surface area contributed by atoms with Crippen LogP contribution in [-0.4, -0.2) is 17.6 Å². The Morgan fingerprint density at radius 1 is 1.29 bits per heavy atom. The summed E-state index contributed by atoms with van der Waals surface area (Å²) in [6.07, 6.45) is 0.808. The van der Waals surface area contributed by atoms with Crippen molar-refractivity contribution in [2.75, 3.05) is 17.2 Å². The zero-order chi connectivity index (χ0) is 15.4. The van der Waals surface area contributed by atoms with Crippen molar-refractivity contribution in [2.45, 2.75) is 13.3 Å². The summed E-state index contributed by atoms with van der Waals surface area (Å²) in [7, 11) is 0. The molecular weight excluding hydrogens is 332 g/mol. The molecule has 2 aromatic rings. The monoisotopic (exact) mass is 348 g/mol. The fourth-order valence-corrected chi connectivity index (χ4v) is 2.34. The van der Waals surface area contributed by atoms with Gasteiger partial charge in [0, 0.05) is 12.1 Å². The number of para-hydroxylation sites is 2. The molecule has 0 unspecified atom stereocenters. The van der Waals surface area contributed by atoms with Crippen molar-refractivity contribution in [2.24, 2.45) is 0 Å². The van der Waals surface area contributed by atoms with E-state index in [1.165, 1.54) is 6.07 Å². The van der Waals surface area contributed by atoms with Gasteiger partial charge >= 0.3 is 0 Å². The lowest BCUT2D eigenvalue weighted by Crippen LogP contribution is -2.32. The summed E-state index contributed by atoms with van der Waals surface area (Å²) in [5, 5.41) is 9.74. The molecule has 0 saturated carbocycles. The van der Waals surface area contributed by atoms with E-state index in [4.69, 9.17) is 5.73 Å². The van der Waals surface area contributed by atoms with Gasteiger partial charge in [0.05, 0.1) is 15.8 Å². The number of hydrogen-bond acceptors (Lipinski definition) is 3. The summed E-state index contributed by atoms with van der Waals surface area (Å²) in [4.78, 5) is 14.3. The van der Waals surface area contributed by atoms with Crippen molar-refractivity contribution in [1.82, 2.24) is 0 Å². The highest BCUT2D eigenvalue weighted by Crippen LogP contribution is 2.28. The average Bonchev–Trinajstić information content (AvgIpc) is 2.48. The number of nitrogens with two attached hydrogens (primary N) is 1. The molecule has 0 radical (unpaired) electrons. The van der Waals surface area contributed by atoms with Gasteiger partial charge in [0.2, 0.25) is 0 Å². The second-order valence-electron chi connectivity index (χ2n) is 4.68. The van der Waals surface area contributed by atoms with E-state index >= 15 is 0 Å². The van der Waals surface area contributed by atoms with E-state index in [-0.39, 0.29) is 11.7 Å². The lowest BCUT2D eigenvalue weighted by Gasteiger charge is -2.24. The minimum atomic E-state index is -0.183. The SMILES string of the molecule is CCCN(C(=O)c1ccc(Br)c(O)c1)c1ccccc1N. The van der Waals surface area contributed by atoms with Crippen LogP contribution in [0.3, 0.4) is 0 Å².